The zero-order valence-electron chi connectivity index (χ0n) is 11.6. The minimum absolute atomic E-state index is 0.0284. The quantitative estimate of drug-likeness (QED) is 0.817. The van der Waals surface area contributed by atoms with E-state index in [1.807, 2.05) is 0 Å². The van der Waals surface area contributed by atoms with Crippen LogP contribution in [0.4, 0.5) is 0 Å². The highest BCUT2D eigenvalue weighted by molar-refractivity contribution is 4.94. The standard InChI is InChI=1S/C15H29NO/c1-15(2,14(17)13-9-5-6-10-13)16-11-7-3-4-8-12-16/h13-14,17H,3-12H2,1-2H3. The van der Waals surface area contributed by atoms with Gasteiger partial charge in [-0.2, -0.15) is 0 Å². The molecule has 0 spiro atoms. The fourth-order valence-corrected chi connectivity index (χ4v) is 3.68. The number of hydrogen-bond donors (Lipinski definition) is 1. The number of rotatable bonds is 3. The molecule has 2 aliphatic rings. The van der Waals surface area contributed by atoms with Gasteiger partial charge in [0.2, 0.25) is 0 Å². The first-order chi connectivity index (χ1) is 8.12. The van der Waals surface area contributed by atoms with Gasteiger partial charge in [-0.15, -0.1) is 0 Å². The van der Waals surface area contributed by atoms with Crippen LogP contribution in [0.2, 0.25) is 0 Å². The van der Waals surface area contributed by atoms with E-state index in [0.717, 1.165) is 0 Å². The second-order valence-electron chi connectivity index (χ2n) is 6.54. The predicted molar refractivity (Wildman–Crippen MR) is 72.1 cm³/mol. The molecule has 2 rings (SSSR count). The summed E-state index contributed by atoms with van der Waals surface area (Å²) in [4.78, 5) is 2.54. The fourth-order valence-electron chi connectivity index (χ4n) is 3.68. The summed E-state index contributed by atoms with van der Waals surface area (Å²) < 4.78 is 0. The summed E-state index contributed by atoms with van der Waals surface area (Å²) in [6.45, 7) is 6.86. The Labute approximate surface area is 106 Å². The number of aliphatic hydroxyl groups is 1. The highest BCUT2D eigenvalue weighted by Crippen LogP contribution is 2.35. The Bertz CT molecular complexity index is 221. The molecular weight excluding hydrogens is 210 g/mol. The molecule has 1 unspecified atom stereocenters. The second-order valence-corrected chi connectivity index (χ2v) is 6.54. The summed E-state index contributed by atoms with van der Waals surface area (Å²) in [5.41, 5.74) is -0.0284. The molecule has 1 aliphatic heterocycles. The normalized spacial score (nSPS) is 27.0. The molecule has 0 aromatic rings. The Hall–Kier alpha value is -0.0800. The van der Waals surface area contributed by atoms with Crippen molar-refractivity contribution >= 4 is 0 Å². The molecule has 1 atom stereocenters. The molecule has 2 nitrogen and oxygen atoms in total. The number of aliphatic hydroxyl groups excluding tert-OH is 1. The van der Waals surface area contributed by atoms with Crippen LogP contribution in [0.5, 0.6) is 0 Å². The maximum absolute atomic E-state index is 10.7. The van der Waals surface area contributed by atoms with Gasteiger partial charge in [0, 0.05) is 5.54 Å². The third kappa shape index (κ3) is 3.03. The summed E-state index contributed by atoms with van der Waals surface area (Å²) in [5, 5.41) is 10.7. The molecule has 0 aromatic heterocycles. The van der Waals surface area contributed by atoms with E-state index in [2.05, 4.69) is 18.7 Å². The molecule has 2 heteroatoms. The Kier molecular flexibility index (Phi) is 4.48. The molecule has 1 saturated carbocycles. The van der Waals surface area contributed by atoms with E-state index in [0.29, 0.717) is 5.92 Å². The van der Waals surface area contributed by atoms with Crippen LogP contribution in [0.1, 0.15) is 65.2 Å². The van der Waals surface area contributed by atoms with E-state index in [4.69, 9.17) is 0 Å². The van der Waals surface area contributed by atoms with Gasteiger partial charge in [-0.1, -0.05) is 25.7 Å². The van der Waals surface area contributed by atoms with Gasteiger partial charge >= 0.3 is 0 Å². The molecule has 1 aliphatic carbocycles. The summed E-state index contributed by atoms with van der Waals surface area (Å²) in [6, 6.07) is 0. The van der Waals surface area contributed by atoms with Crippen LogP contribution in [-0.4, -0.2) is 34.7 Å². The van der Waals surface area contributed by atoms with Crippen molar-refractivity contribution in [3.05, 3.63) is 0 Å². The summed E-state index contributed by atoms with van der Waals surface area (Å²) in [6.07, 6.45) is 10.3. The van der Waals surface area contributed by atoms with Gasteiger partial charge in [0.1, 0.15) is 0 Å². The average molecular weight is 239 g/mol. The fraction of sp³-hybridized carbons (Fsp3) is 1.00. The van der Waals surface area contributed by atoms with Crippen LogP contribution in [0.3, 0.4) is 0 Å². The predicted octanol–water partition coefficient (Wildman–Crippen LogP) is 3.19. The monoisotopic (exact) mass is 239 g/mol. The molecule has 2 fully saturated rings. The number of nitrogens with zero attached hydrogens (tertiary/aromatic N) is 1. The van der Waals surface area contributed by atoms with Crippen LogP contribution in [-0.2, 0) is 0 Å². The van der Waals surface area contributed by atoms with Gasteiger partial charge in [0.15, 0.2) is 0 Å². The minimum atomic E-state index is -0.136. The third-order valence-electron chi connectivity index (χ3n) is 4.99. The van der Waals surface area contributed by atoms with Crippen LogP contribution in [0.25, 0.3) is 0 Å². The van der Waals surface area contributed by atoms with Gasteiger partial charge in [-0.3, -0.25) is 4.90 Å². The molecule has 100 valence electrons. The van der Waals surface area contributed by atoms with E-state index in [1.54, 1.807) is 0 Å². The maximum atomic E-state index is 10.7. The second kappa shape index (κ2) is 5.71. The van der Waals surface area contributed by atoms with Gasteiger partial charge in [-0.05, 0) is 58.5 Å². The number of likely N-dealkylation sites (tertiary alicyclic amines) is 1. The van der Waals surface area contributed by atoms with Crippen LogP contribution >= 0.6 is 0 Å². The average Bonchev–Trinajstić information content (AvgIpc) is 2.69. The van der Waals surface area contributed by atoms with E-state index < -0.39 is 0 Å². The zero-order chi connectivity index (χ0) is 12.3. The van der Waals surface area contributed by atoms with Crippen molar-refractivity contribution < 1.29 is 5.11 Å². The zero-order valence-corrected chi connectivity index (χ0v) is 11.6. The largest absolute Gasteiger partial charge is 0.391 e. The van der Waals surface area contributed by atoms with Crippen molar-refractivity contribution in [1.82, 2.24) is 4.90 Å². The topological polar surface area (TPSA) is 23.5 Å². The van der Waals surface area contributed by atoms with Crippen LogP contribution < -0.4 is 0 Å². The molecule has 0 amide bonds. The van der Waals surface area contributed by atoms with Crippen molar-refractivity contribution in [2.24, 2.45) is 5.92 Å². The first kappa shape index (κ1) is 13.4. The summed E-state index contributed by atoms with van der Waals surface area (Å²) >= 11 is 0. The molecular formula is C15H29NO. The molecule has 1 heterocycles. The first-order valence-electron chi connectivity index (χ1n) is 7.55. The lowest BCUT2D eigenvalue weighted by Gasteiger charge is -2.43. The molecule has 1 saturated heterocycles. The van der Waals surface area contributed by atoms with Gasteiger partial charge < -0.3 is 5.11 Å². The SMILES string of the molecule is CC(C)(C(O)C1CCCC1)N1CCCCCC1. The Morgan fingerprint density at radius 3 is 2.00 bits per heavy atom. The summed E-state index contributed by atoms with van der Waals surface area (Å²) in [7, 11) is 0. The highest BCUT2D eigenvalue weighted by Gasteiger charge is 2.39. The van der Waals surface area contributed by atoms with Gasteiger partial charge in [0.25, 0.3) is 0 Å². The van der Waals surface area contributed by atoms with Crippen LogP contribution in [0.15, 0.2) is 0 Å². The van der Waals surface area contributed by atoms with Crippen molar-refractivity contribution in [3.63, 3.8) is 0 Å². The van der Waals surface area contributed by atoms with Crippen molar-refractivity contribution in [2.45, 2.75) is 76.9 Å². The van der Waals surface area contributed by atoms with E-state index in [-0.39, 0.29) is 11.6 Å². The van der Waals surface area contributed by atoms with Gasteiger partial charge in [-0.25, -0.2) is 0 Å². The lowest BCUT2D eigenvalue weighted by Crippen LogP contribution is -2.55. The Morgan fingerprint density at radius 2 is 1.47 bits per heavy atom. The van der Waals surface area contributed by atoms with Gasteiger partial charge in [0.05, 0.1) is 6.10 Å². The molecule has 0 aromatic carbocycles. The first-order valence-corrected chi connectivity index (χ1v) is 7.55. The van der Waals surface area contributed by atoms with Crippen molar-refractivity contribution in [3.8, 4) is 0 Å². The van der Waals surface area contributed by atoms with E-state index >= 15 is 0 Å². The molecule has 1 N–H and O–H groups in total. The highest BCUT2D eigenvalue weighted by atomic mass is 16.3. The van der Waals surface area contributed by atoms with E-state index in [1.165, 1.54) is 64.5 Å². The van der Waals surface area contributed by atoms with Crippen LogP contribution in [0, 0.1) is 5.92 Å². The van der Waals surface area contributed by atoms with E-state index in [9.17, 15) is 5.11 Å². The molecule has 0 radical (unpaired) electrons. The summed E-state index contributed by atoms with van der Waals surface area (Å²) in [5.74, 6) is 0.549. The maximum Gasteiger partial charge on any atom is 0.0746 e. The molecule has 0 bridgehead atoms. The van der Waals surface area contributed by atoms with Crippen molar-refractivity contribution in [2.75, 3.05) is 13.1 Å². The lowest BCUT2D eigenvalue weighted by atomic mass is 9.84. The number of hydrogen-bond acceptors (Lipinski definition) is 2. The Morgan fingerprint density at radius 1 is 0.941 bits per heavy atom. The molecule has 17 heavy (non-hydrogen) atoms. The smallest absolute Gasteiger partial charge is 0.0746 e. The Balaban J connectivity index is 1.99. The lowest BCUT2D eigenvalue weighted by molar-refractivity contribution is -0.0397. The van der Waals surface area contributed by atoms with Crippen molar-refractivity contribution in [1.29, 1.82) is 0 Å². The third-order valence-corrected chi connectivity index (χ3v) is 4.99. The minimum Gasteiger partial charge on any atom is -0.391 e.